The zero-order chi connectivity index (χ0) is 41.0. The molecule has 0 atom stereocenters. The lowest BCUT2D eigenvalue weighted by molar-refractivity contribution is 1.11. The third-order valence-electron chi connectivity index (χ3n) is 10.4. The van der Waals surface area contributed by atoms with Crippen LogP contribution in [-0.2, 0) is 25.7 Å². The van der Waals surface area contributed by atoms with E-state index in [9.17, 15) is 0 Å². The van der Waals surface area contributed by atoms with Crippen LogP contribution in [0.15, 0.2) is 215 Å². The van der Waals surface area contributed by atoms with Gasteiger partial charge < -0.3 is 0 Å². The Balaban J connectivity index is 1.36. The summed E-state index contributed by atoms with van der Waals surface area (Å²) in [5.41, 5.74) is 17.1. The summed E-state index contributed by atoms with van der Waals surface area (Å²) in [5, 5.41) is 0. The van der Waals surface area contributed by atoms with Gasteiger partial charge in [0, 0.05) is 95.5 Å². The van der Waals surface area contributed by atoms with Gasteiger partial charge in [-0.2, -0.15) is 0 Å². The smallest absolute Gasteiger partial charge is 0.0738 e. The van der Waals surface area contributed by atoms with E-state index in [4.69, 9.17) is 20.0 Å². The third-order valence-corrected chi connectivity index (χ3v) is 10.4. The fourth-order valence-corrected chi connectivity index (χ4v) is 7.84. The fourth-order valence-electron chi connectivity index (χ4n) is 7.84. The van der Waals surface area contributed by atoms with Crippen molar-refractivity contribution in [3.63, 3.8) is 0 Å². The van der Waals surface area contributed by atoms with Crippen molar-refractivity contribution < 1.29 is 0 Å². The molecular formula is C52H40N8. The molecule has 5 aliphatic heterocycles. The summed E-state index contributed by atoms with van der Waals surface area (Å²) in [4.78, 5) is 40.1. The summed E-state index contributed by atoms with van der Waals surface area (Å²) in [6.45, 7) is 15.8. The average Bonchev–Trinajstić information content (AvgIpc) is 4.10. The molecule has 0 N–H and O–H groups in total. The van der Waals surface area contributed by atoms with Crippen molar-refractivity contribution >= 4 is 45.1 Å². The van der Waals surface area contributed by atoms with Gasteiger partial charge in [-0.05, 0) is 119 Å². The van der Waals surface area contributed by atoms with Crippen molar-refractivity contribution in [3.05, 3.63) is 240 Å². The lowest BCUT2D eigenvalue weighted by Crippen LogP contribution is -2.05. The molecule has 0 spiro atoms. The molecule has 4 aromatic heterocycles. The Hall–Kier alpha value is -7.84. The molecule has 0 saturated carbocycles. The summed E-state index contributed by atoms with van der Waals surface area (Å²) in [5.74, 6) is 0. The Morgan fingerprint density at radius 1 is 0.333 bits per heavy atom. The molecule has 8 heteroatoms. The topological polar surface area (TPSA) is 101 Å². The fraction of sp³-hybridized carbons (Fsp3) is 0.0769. The Bertz CT molecular complexity index is 2530. The van der Waals surface area contributed by atoms with E-state index >= 15 is 0 Å². The van der Waals surface area contributed by atoms with Crippen molar-refractivity contribution in [2.24, 2.45) is 20.0 Å². The van der Waals surface area contributed by atoms with E-state index < -0.39 is 0 Å². The lowest BCUT2D eigenvalue weighted by atomic mass is 9.98. The second-order valence-corrected chi connectivity index (χ2v) is 14.5. The van der Waals surface area contributed by atoms with Crippen LogP contribution < -0.4 is 0 Å². The minimum Gasteiger partial charge on any atom is -0.261 e. The molecule has 0 radical (unpaired) electrons. The summed E-state index contributed by atoms with van der Waals surface area (Å²) in [6, 6.07) is 16.4. The maximum absolute atomic E-state index is 5.41. The van der Waals surface area contributed by atoms with E-state index in [0.29, 0.717) is 25.7 Å². The summed E-state index contributed by atoms with van der Waals surface area (Å²) in [6.07, 6.45) is 33.8. The summed E-state index contributed by atoms with van der Waals surface area (Å²) in [7, 11) is 0. The van der Waals surface area contributed by atoms with Gasteiger partial charge in [0.15, 0.2) is 0 Å². The third kappa shape index (κ3) is 7.38. The van der Waals surface area contributed by atoms with Crippen molar-refractivity contribution in [2.45, 2.75) is 25.7 Å². The molecule has 0 aliphatic carbocycles. The molecule has 0 fully saturated rings. The minimum atomic E-state index is 0.630. The maximum atomic E-state index is 5.41. The molecule has 4 aromatic rings. The number of aliphatic imine (C=N–C) groups is 4. The number of fused-ring (bicyclic) bond motifs is 4. The van der Waals surface area contributed by atoms with Crippen LogP contribution in [-0.4, -0.2) is 42.8 Å². The van der Waals surface area contributed by atoms with Crippen molar-refractivity contribution in [1.29, 1.82) is 0 Å². The SMILES string of the molecule is C=CCc1cc(C2=C3C=CC(=N3)C(c3ccnc(CC=C)c3)=C3C=CC(=N3)C(c3ccnc(CC=C)c3)=C3C=CC(=N3)C(c3ccnc(CC=C)c3)=C3C=CC2=N3)ccn1. The predicted molar refractivity (Wildman–Crippen MR) is 247 cm³/mol. The summed E-state index contributed by atoms with van der Waals surface area (Å²) >= 11 is 0. The molecule has 0 amide bonds. The highest BCUT2D eigenvalue weighted by atomic mass is 14.9. The van der Waals surface area contributed by atoms with Crippen molar-refractivity contribution in [1.82, 2.24) is 19.9 Å². The number of pyridine rings is 4. The van der Waals surface area contributed by atoms with Gasteiger partial charge in [0.2, 0.25) is 0 Å². The maximum Gasteiger partial charge on any atom is 0.0738 e. The highest BCUT2D eigenvalue weighted by Gasteiger charge is 2.28. The van der Waals surface area contributed by atoms with E-state index in [1.165, 1.54) is 0 Å². The van der Waals surface area contributed by atoms with Gasteiger partial charge in [0.05, 0.1) is 45.6 Å². The Morgan fingerprint density at radius 3 is 0.783 bits per heavy atom. The monoisotopic (exact) mass is 776 g/mol. The van der Waals surface area contributed by atoms with Crippen LogP contribution in [0.1, 0.15) is 45.0 Å². The van der Waals surface area contributed by atoms with Gasteiger partial charge in [0.1, 0.15) is 0 Å². The van der Waals surface area contributed by atoms with Gasteiger partial charge in [0.25, 0.3) is 0 Å². The number of rotatable bonds is 12. The van der Waals surface area contributed by atoms with E-state index in [1.54, 1.807) is 0 Å². The second-order valence-electron chi connectivity index (χ2n) is 14.5. The molecule has 9 rings (SSSR count). The van der Waals surface area contributed by atoms with Crippen molar-refractivity contribution in [2.75, 3.05) is 0 Å². The van der Waals surface area contributed by atoms with E-state index in [-0.39, 0.29) is 0 Å². The number of hydrogen-bond acceptors (Lipinski definition) is 8. The first kappa shape index (κ1) is 37.7. The lowest BCUT2D eigenvalue weighted by Gasteiger charge is -2.13. The Kier molecular flexibility index (Phi) is 10.4. The quantitative estimate of drug-likeness (QED) is 0.134. The number of hydrogen-bond donors (Lipinski definition) is 0. The number of nitrogens with zero attached hydrogens (tertiary/aromatic N) is 8. The highest BCUT2D eigenvalue weighted by molar-refractivity contribution is 6.39. The zero-order valence-corrected chi connectivity index (χ0v) is 33.1. The molecule has 288 valence electrons. The first-order chi connectivity index (χ1) is 29.5. The summed E-state index contributed by atoms with van der Waals surface area (Å²) < 4.78 is 0. The molecule has 5 aliphatic rings. The molecule has 9 heterocycles. The molecule has 0 unspecified atom stereocenters. The van der Waals surface area contributed by atoms with Crippen LogP contribution in [0.4, 0.5) is 0 Å². The normalized spacial score (nSPS) is 16.4. The van der Waals surface area contributed by atoms with E-state index in [2.05, 4.69) is 119 Å². The predicted octanol–water partition coefficient (Wildman–Crippen LogP) is 10.2. The first-order valence-corrected chi connectivity index (χ1v) is 19.8. The average molecular weight is 777 g/mol. The largest absolute Gasteiger partial charge is 0.261 e. The minimum absolute atomic E-state index is 0.630. The Morgan fingerprint density at radius 2 is 0.567 bits per heavy atom. The van der Waals surface area contributed by atoms with Gasteiger partial charge in [-0.15, -0.1) is 26.3 Å². The van der Waals surface area contributed by atoms with Crippen LogP contribution in [0.25, 0.3) is 22.3 Å². The molecule has 0 saturated heterocycles. The number of aromatic nitrogens is 4. The molecule has 0 aromatic carbocycles. The molecule has 8 bridgehead atoms. The van der Waals surface area contributed by atoms with Gasteiger partial charge in [-0.3, -0.25) is 19.9 Å². The zero-order valence-electron chi connectivity index (χ0n) is 33.1. The van der Waals surface area contributed by atoms with Crippen LogP contribution in [0.5, 0.6) is 0 Å². The van der Waals surface area contributed by atoms with Gasteiger partial charge >= 0.3 is 0 Å². The highest BCUT2D eigenvalue weighted by Crippen LogP contribution is 2.39. The number of allylic oxidation sites excluding steroid dienone is 16. The first-order valence-electron chi connectivity index (χ1n) is 19.8. The molecule has 8 nitrogen and oxygen atoms in total. The van der Waals surface area contributed by atoms with E-state index in [0.717, 1.165) is 113 Å². The van der Waals surface area contributed by atoms with Gasteiger partial charge in [-0.1, -0.05) is 24.3 Å². The van der Waals surface area contributed by atoms with Crippen molar-refractivity contribution in [3.8, 4) is 0 Å². The van der Waals surface area contributed by atoms with Crippen LogP contribution in [0, 0.1) is 0 Å². The van der Waals surface area contributed by atoms with Gasteiger partial charge in [-0.25, -0.2) is 20.0 Å². The van der Waals surface area contributed by atoms with E-state index in [1.807, 2.05) is 73.4 Å². The van der Waals surface area contributed by atoms with Crippen LogP contribution >= 0.6 is 0 Å². The van der Waals surface area contributed by atoms with Crippen LogP contribution in [0.2, 0.25) is 0 Å². The molecular weight excluding hydrogens is 737 g/mol. The standard InChI is InChI=1S/C52H40N8/c1-5-9-37-29-33(21-25-53-37)49-41-13-15-43(57-41)50(34-22-26-54-38(30-34)10-6-2)45-17-19-47(59-45)52(36-24-28-56-40(32-36)12-8-4)48-20-18-46(60-48)51(44-16-14-42(49)58-44)35-23-27-55-39(31-35)11-7-3/h5-8,13-32H,1-4,9-12H2. The second kappa shape index (κ2) is 16.6. The van der Waals surface area contributed by atoms with Crippen LogP contribution in [0.3, 0.4) is 0 Å². The molecule has 60 heavy (non-hydrogen) atoms. The Labute approximate surface area is 349 Å².